The van der Waals surface area contributed by atoms with Crippen molar-refractivity contribution in [3.05, 3.63) is 80.1 Å². The van der Waals surface area contributed by atoms with Crippen molar-refractivity contribution >= 4 is 22.7 Å². The van der Waals surface area contributed by atoms with Crippen molar-refractivity contribution in [3.8, 4) is 0 Å². The molecule has 0 radical (unpaired) electrons. The standard InChI is InChI=1S/C22H24N2O2/c1-13(2)15-5-9-17(10-6-15)23-19-20(22(26)21(19)25)24-18-11-7-16(8-12-18)14(3)4/h5-14,23-24H,1-4H3. The number of hydrogen-bond donors (Lipinski definition) is 2. The minimum atomic E-state index is -0.487. The summed E-state index contributed by atoms with van der Waals surface area (Å²) in [5.74, 6) is 0.891. The third kappa shape index (κ3) is 3.54. The molecule has 0 amide bonds. The summed E-state index contributed by atoms with van der Waals surface area (Å²) in [5, 5.41) is 6.14. The van der Waals surface area contributed by atoms with Crippen LogP contribution in [-0.4, -0.2) is 0 Å². The van der Waals surface area contributed by atoms with Gasteiger partial charge in [0.25, 0.3) is 10.9 Å². The van der Waals surface area contributed by atoms with Gasteiger partial charge in [0, 0.05) is 11.4 Å². The lowest BCUT2D eigenvalue weighted by atomic mass is 10.0. The highest BCUT2D eigenvalue weighted by atomic mass is 16.2. The van der Waals surface area contributed by atoms with Crippen molar-refractivity contribution in [1.82, 2.24) is 0 Å². The van der Waals surface area contributed by atoms with Gasteiger partial charge in [0.1, 0.15) is 11.4 Å². The predicted octanol–water partition coefficient (Wildman–Crippen LogP) is 5.02. The highest BCUT2D eigenvalue weighted by molar-refractivity contribution is 5.82. The summed E-state index contributed by atoms with van der Waals surface area (Å²) in [4.78, 5) is 24.0. The van der Waals surface area contributed by atoms with E-state index in [1.54, 1.807) is 0 Å². The summed E-state index contributed by atoms with van der Waals surface area (Å²) in [6, 6.07) is 15.8. The third-order valence-electron chi connectivity index (χ3n) is 4.60. The van der Waals surface area contributed by atoms with Crippen LogP contribution in [0.25, 0.3) is 0 Å². The predicted molar refractivity (Wildman–Crippen MR) is 109 cm³/mol. The summed E-state index contributed by atoms with van der Waals surface area (Å²) < 4.78 is 0. The monoisotopic (exact) mass is 348 g/mol. The van der Waals surface area contributed by atoms with Gasteiger partial charge in [-0.15, -0.1) is 0 Å². The van der Waals surface area contributed by atoms with Crippen LogP contribution in [0.15, 0.2) is 58.1 Å². The van der Waals surface area contributed by atoms with Crippen LogP contribution in [0, 0.1) is 0 Å². The van der Waals surface area contributed by atoms with E-state index in [2.05, 4.69) is 38.3 Å². The first-order valence-corrected chi connectivity index (χ1v) is 8.94. The lowest BCUT2D eigenvalue weighted by Gasteiger charge is -2.16. The van der Waals surface area contributed by atoms with E-state index in [1.807, 2.05) is 48.5 Å². The minimum absolute atomic E-state index is 0.320. The fourth-order valence-electron chi connectivity index (χ4n) is 2.82. The highest BCUT2D eigenvalue weighted by Crippen LogP contribution is 2.26. The second-order valence-corrected chi connectivity index (χ2v) is 7.21. The zero-order valence-corrected chi connectivity index (χ0v) is 15.6. The fourth-order valence-corrected chi connectivity index (χ4v) is 2.82. The van der Waals surface area contributed by atoms with E-state index < -0.39 is 10.9 Å². The van der Waals surface area contributed by atoms with Crippen LogP contribution in [0.5, 0.6) is 0 Å². The molecule has 0 aromatic heterocycles. The fraction of sp³-hybridized carbons (Fsp3) is 0.273. The molecule has 134 valence electrons. The average Bonchev–Trinajstić information content (AvgIpc) is 2.65. The molecular weight excluding hydrogens is 324 g/mol. The van der Waals surface area contributed by atoms with E-state index in [0.29, 0.717) is 23.2 Å². The lowest BCUT2D eigenvalue weighted by Crippen LogP contribution is -2.35. The SMILES string of the molecule is CC(C)c1ccc(Nc2c(Nc3ccc(C(C)C)cc3)c(=O)c2=O)cc1. The first kappa shape index (κ1) is 17.9. The Labute approximate surface area is 153 Å². The quantitative estimate of drug-likeness (QED) is 0.614. The Balaban J connectivity index is 1.79. The molecule has 26 heavy (non-hydrogen) atoms. The van der Waals surface area contributed by atoms with Gasteiger partial charge in [0.15, 0.2) is 0 Å². The Morgan fingerprint density at radius 1 is 0.577 bits per heavy atom. The maximum atomic E-state index is 12.0. The molecule has 4 nitrogen and oxygen atoms in total. The average molecular weight is 348 g/mol. The first-order valence-electron chi connectivity index (χ1n) is 8.94. The zero-order valence-electron chi connectivity index (χ0n) is 15.6. The topological polar surface area (TPSA) is 58.2 Å². The van der Waals surface area contributed by atoms with Gasteiger partial charge in [-0.2, -0.15) is 0 Å². The summed E-state index contributed by atoms with van der Waals surface area (Å²) >= 11 is 0. The number of nitrogens with one attached hydrogen (secondary N) is 2. The van der Waals surface area contributed by atoms with Gasteiger partial charge < -0.3 is 10.6 Å². The number of rotatable bonds is 6. The summed E-state index contributed by atoms with van der Waals surface area (Å²) in [5.41, 5.74) is 3.70. The normalized spacial score (nSPS) is 11.3. The van der Waals surface area contributed by atoms with Crippen LogP contribution in [0.4, 0.5) is 22.7 Å². The van der Waals surface area contributed by atoms with Crippen molar-refractivity contribution < 1.29 is 0 Å². The van der Waals surface area contributed by atoms with E-state index in [4.69, 9.17) is 0 Å². The van der Waals surface area contributed by atoms with E-state index >= 15 is 0 Å². The van der Waals surface area contributed by atoms with Crippen LogP contribution < -0.4 is 21.5 Å². The van der Waals surface area contributed by atoms with Gasteiger partial charge in [-0.25, -0.2) is 0 Å². The molecule has 4 heteroatoms. The molecule has 0 atom stereocenters. The number of anilines is 4. The minimum Gasteiger partial charge on any atom is -0.350 e. The molecule has 0 unspecified atom stereocenters. The largest absolute Gasteiger partial charge is 0.350 e. The summed E-state index contributed by atoms with van der Waals surface area (Å²) in [6.07, 6.45) is 0. The molecule has 0 bridgehead atoms. The maximum Gasteiger partial charge on any atom is 0.253 e. The van der Waals surface area contributed by atoms with Gasteiger partial charge >= 0.3 is 0 Å². The zero-order chi connectivity index (χ0) is 18.8. The van der Waals surface area contributed by atoms with Crippen molar-refractivity contribution in [1.29, 1.82) is 0 Å². The van der Waals surface area contributed by atoms with E-state index in [9.17, 15) is 9.59 Å². The Morgan fingerprint density at radius 2 is 0.885 bits per heavy atom. The molecule has 0 aliphatic heterocycles. The molecule has 3 aromatic carbocycles. The second-order valence-electron chi connectivity index (χ2n) is 7.21. The van der Waals surface area contributed by atoms with Crippen molar-refractivity contribution in [2.45, 2.75) is 39.5 Å². The van der Waals surface area contributed by atoms with Gasteiger partial charge in [0.05, 0.1) is 0 Å². The Hall–Kier alpha value is -2.88. The molecule has 0 saturated carbocycles. The molecule has 0 aliphatic carbocycles. The maximum absolute atomic E-state index is 12.0. The first-order chi connectivity index (χ1) is 12.4. The van der Waals surface area contributed by atoms with E-state index in [0.717, 1.165) is 11.4 Å². The van der Waals surface area contributed by atoms with Gasteiger partial charge in [-0.05, 0) is 47.2 Å². The van der Waals surface area contributed by atoms with Crippen LogP contribution in [0.2, 0.25) is 0 Å². The lowest BCUT2D eigenvalue weighted by molar-refractivity contribution is 0.867. The van der Waals surface area contributed by atoms with Crippen LogP contribution in [0.3, 0.4) is 0 Å². The van der Waals surface area contributed by atoms with E-state index in [1.165, 1.54) is 11.1 Å². The molecule has 3 aromatic rings. The van der Waals surface area contributed by atoms with Crippen molar-refractivity contribution in [2.24, 2.45) is 0 Å². The molecule has 0 aliphatic rings. The van der Waals surface area contributed by atoms with Crippen LogP contribution in [-0.2, 0) is 0 Å². The molecule has 0 heterocycles. The molecule has 0 saturated heterocycles. The van der Waals surface area contributed by atoms with E-state index in [-0.39, 0.29) is 0 Å². The van der Waals surface area contributed by atoms with Gasteiger partial charge in [-0.1, -0.05) is 52.0 Å². The smallest absolute Gasteiger partial charge is 0.253 e. The summed E-state index contributed by atoms with van der Waals surface area (Å²) in [6.45, 7) is 8.52. The summed E-state index contributed by atoms with van der Waals surface area (Å²) in [7, 11) is 0. The number of hydrogen-bond acceptors (Lipinski definition) is 4. The third-order valence-corrected chi connectivity index (χ3v) is 4.60. The highest BCUT2D eigenvalue weighted by Gasteiger charge is 2.21. The second kappa shape index (κ2) is 7.16. The van der Waals surface area contributed by atoms with Gasteiger partial charge in [-0.3, -0.25) is 9.59 Å². The molecule has 0 spiro atoms. The van der Waals surface area contributed by atoms with Crippen LogP contribution in [0.1, 0.15) is 50.7 Å². The Bertz CT molecular complexity index is 880. The Kier molecular flexibility index (Phi) is 4.94. The van der Waals surface area contributed by atoms with Crippen molar-refractivity contribution in [2.75, 3.05) is 10.6 Å². The number of benzene rings is 2. The molecular formula is C22H24N2O2. The molecule has 2 N–H and O–H groups in total. The van der Waals surface area contributed by atoms with Crippen molar-refractivity contribution in [3.63, 3.8) is 0 Å². The molecule has 0 fully saturated rings. The molecule has 3 rings (SSSR count). The Morgan fingerprint density at radius 3 is 1.15 bits per heavy atom. The van der Waals surface area contributed by atoms with Gasteiger partial charge in [0.2, 0.25) is 0 Å². The van der Waals surface area contributed by atoms with Crippen LogP contribution >= 0.6 is 0 Å².